The molecule has 0 aliphatic heterocycles. The third kappa shape index (κ3) is 3.65. The quantitative estimate of drug-likeness (QED) is 0.677. The molecule has 0 aliphatic carbocycles. The van der Waals surface area contributed by atoms with Crippen LogP contribution in [0.3, 0.4) is 0 Å². The van der Waals surface area contributed by atoms with Gasteiger partial charge in [0, 0.05) is 17.8 Å². The molecule has 0 fully saturated rings. The van der Waals surface area contributed by atoms with Crippen molar-refractivity contribution in [3.8, 4) is 10.8 Å². The van der Waals surface area contributed by atoms with E-state index in [0.29, 0.717) is 16.4 Å². The van der Waals surface area contributed by atoms with Crippen molar-refractivity contribution in [3.05, 3.63) is 46.4 Å². The second-order valence-corrected chi connectivity index (χ2v) is 6.25. The van der Waals surface area contributed by atoms with E-state index in [9.17, 15) is 8.78 Å². The number of nitrogens with zero attached hydrogens (tertiary/aromatic N) is 4. The molecule has 0 spiro atoms. The van der Waals surface area contributed by atoms with Crippen LogP contribution in [0, 0.1) is 0 Å². The lowest BCUT2D eigenvalue weighted by molar-refractivity contribution is 0.116. The summed E-state index contributed by atoms with van der Waals surface area (Å²) in [5.41, 5.74) is 0.951. The number of rotatable bonds is 5. The maximum absolute atomic E-state index is 12.5. The predicted octanol–water partition coefficient (Wildman–Crippen LogP) is 4.42. The van der Waals surface area contributed by atoms with Crippen LogP contribution < -0.4 is 4.90 Å². The number of halogens is 3. The van der Waals surface area contributed by atoms with E-state index in [1.807, 2.05) is 30.1 Å². The molecule has 0 radical (unpaired) electrons. The first-order chi connectivity index (χ1) is 11.0. The highest BCUT2D eigenvalue weighted by atomic mass is 35.5. The van der Waals surface area contributed by atoms with Crippen LogP contribution in [-0.2, 0) is 6.54 Å². The minimum Gasteiger partial charge on any atom is -0.414 e. The van der Waals surface area contributed by atoms with Crippen LogP contribution in [0.5, 0.6) is 0 Å². The normalized spacial score (nSPS) is 11.2. The Balaban J connectivity index is 1.74. The second kappa shape index (κ2) is 6.59. The van der Waals surface area contributed by atoms with Crippen LogP contribution in [0.4, 0.5) is 14.5 Å². The largest absolute Gasteiger partial charge is 0.414 e. The van der Waals surface area contributed by atoms with Crippen molar-refractivity contribution in [2.75, 3.05) is 11.9 Å². The lowest BCUT2D eigenvalue weighted by Crippen LogP contribution is -2.15. The van der Waals surface area contributed by atoms with E-state index in [4.69, 9.17) is 16.0 Å². The van der Waals surface area contributed by atoms with Gasteiger partial charge in [0.25, 0.3) is 11.8 Å². The molecule has 0 bridgehead atoms. The van der Waals surface area contributed by atoms with Crippen molar-refractivity contribution in [1.29, 1.82) is 0 Å². The lowest BCUT2D eigenvalue weighted by atomic mass is 10.3. The molecular formula is C14H11ClF2N4OS. The molecule has 3 aromatic rings. The van der Waals surface area contributed by atoms with Crippen molar-refractivity contribution >= 4 is 28.6 Å². The Labute approximate surface area is 139 Å². The monoisotopic (exact) mass is 356 g/mol. The highest BCUT2D eigenvalue weighted by molar-refractivity contribution is 7.15. The Kier molecular flexibility index (Phi) is 4.53. The lowest BCUT2D eigenvalue weighted by Gasteiger charge is -2.17. The van der Waals surface area contributed by atoms with Gasteiger partial charge >= 0.3 is 6.43 Å². The van der Waals surface area contributed by atoms with Gasteiger partial charge in [-0.05, 0) is 18.2 Å². The summed E-state index contributed by atoms with van der Waals surface area (Å²) in [6.45, 7) is 0.543. The van der Waals surface area contributed by atoms with E-state index in [1.54, 1.807) is 6.07 Å². The number of anilines is 1. The molecule has 120 valence electrons. The van der Waals surface area contributed by atoms with Gasteiger partial charge in [-0.2, -0.15) is 8.78 Å². The van der Waals surface area contributed by atoms with Crippen LogP contribution in [0.25, 0.3) is 10.8 Å². The van der Waals surface area contributed by atoms with E-state index in [-0.39, 0.29) is 5.89 Å². The van der Waals surface area contributed by atoms with Gasteiger partial charge in [0.05, 0.1) is 12.7 Å². The fourth-order valence-electron chi connectivity index (χ4n) is 1.91. The van der Waals surface area contributed by atoms with Crippen molar-refractivity contribution in [3.63, 3.8) is 0 Å². The maximum Gasteiger partial charge on any atom is 0.314 e. The molecule has 0 amide bonds. The van der Waals surface area contributed by atoms with Crippen molar-refractivity contribution in [2.24, 2.45) is 0 Å². The Bertz CT molecular complexity index is 807. The molecule has 3 rings (SSSR count). The van der Waals surface area contributed by atoms with Crippen LogP contribution in [0.2, 0.25) is 5.02 Å². The standard InChI is InChI=1S/C14H11ClF2N4OS/c1-21(9-4-2-3-8(15)5-9)7-11-18-6-10(23-11)13-19-20-14(22-13)12(16)17/h2-6,12H,7H2,1H3. The summed E-state index contributed by atoms with van der Waals surface area (Å²) in [4.78, 5) is 6.80. The molecule has 0 saturated heterocycles. The first kappa shape index (κ1) is 15.8. The van der Waals surface area contributed by atoms with Crippen LogP contribution in [-0.4, -0.2) is 22.2 Å². The summed E-state index contributed by atoms with van der Waals surface area (Å²) in [7, 11) is 1.91. The number of thiazole rings is 1. The third-order valence-electron chi connectivity index (χ3n) is 3.01. The molecule has 0 atom stereocenters. The summed E-state index contributed by atoms with van der Waals surface area (Å²) < 4.78 is 29.9. The number of hydrogen-bond donors (Lipinski definition) is 0. The summed E-state index contributed by atoms with van der Waals surface area (Å²) in [6.07, 6.45) is -1.24. The molecule has 9 heteroatoms. The van der Waals surface area contributed by atoms with E-state index in [1.165, 1.54) is 17.5 Å². The topological polar surface area (TPSA) is 55.1 Å². The molecular weight excluding hydrogens is 346 g/mol. The van der Waals surface area contributed by atoms with E-state index in [0.717, 1.165) is 10.7 Å². The average Bonchev–Trinajstić information content (AvgIpc) is 3.15. The third-order valence-corrected chi connectivity index (χ3v) is 4.22. The summed E-state index contributed by atoms with van der Waals surface area (Å²) >= 11 is 7.29. The van der Waals surface area contributed by atoms with Gasteiger partial charge in [-0.1, -0.05) is 17.7 Å². The van der Waals surface area contributed by atoms with Gasteiger partial charge in [-0.25, -0.2) is 4.98 Å². The maximum atomic E-state index is 12.5. The van der Waals surface area contributed by atoms with Gasteiger partial charge in [0.15, 0.2) is 0 Å². The van der Waals surface area contributed by atoms with Crippen molar-refractivity contribution < 1.29 is 13.2 Å². The molecule has 5 nitrogen and oxygen atoms in total. The number of hydrogen-bond acceptors (Lipinski definition) is 6. The highest BCUT2D eigenvalue weighted by Crippen LogP contribution is 2.29. The molecule has 2 aromatic heterocycles. The molecule has 0 N–H and O–H groups in total. The number of aromatic nitrogens is 3. The van der Waals surface area contributed by atoms with Gasteiger partial charge in [-0.15, -0.1) is 21.5 Å². The second-order valence-electron chi connectivity index (χ2n) is 4.70. The molecule has 1 aromatic carbocycles. The van der Waals surface area contributed by atoms with E-state index >= 15 is 0 Å². The first-order valence-corrected chi connectivity index (χ1v) is 7.75. The Hall–Kier alpha value is -2.06. The molecule has 0 saturated carbocycles. The zero-order chi connectivity index (χ0) is 16.4. The zero-order valence-electron chi connectivity index (χ0n) is 11.9. The van der Waals surface area contributed by atoms with Crippen molar-refractivity contribution in [2.45, 2.75) is 13.0 Å². The smallest absolute Gasteiger partial charge is 0.314 e. The van der Waals surface area contributed by atoms with Crippen LogP contribution in [0.15, 0.2) is 34.9 Å². The Morgan fingerprint density at radius 1 is 1.35 bits per heavy atom. The van der Waals surface area contributed by atoms with Gasteiger partial charge in [-0.3, -0.25) is 0 Å². The molecule has 0 unspecified atom stereocenters. The summed E-state index contributed by atoms with van der Waals surface area (Å²) in [5, 5.41) is 8.36. The fraction of sp³-hybridized carbons (Fsp3) is 0.214. The average molecular weight is 357 g/mol. The SMILES string of the molecule is CN(Cc1ncc(-c2nnc(C(F)F)o2)s1)c1cccc(Cl)c1. The fourth-order valence-corrected chi connectivity index (χ4v) is 2.99. The number of benzene rings is 1. The highest BCUT2D eigenvalue weighted by Gasteiger charge is 2.18. The van der Waals surface area contributed by atoms with Crippen LogP contribution >= 0.6 is 22.9 Å². The number of alkyl halides is 2. The minimum atomic E-state index is -2.78. The molecule has 2 heterocycles. The van der Waals surface area contributed by atoms with Crippen LogP contribution in [0.1, 0.15) is 17.3 Å². The van der Waals surface area contributed by atoms with Gasteiger partial charge in [0.2, 0.25) is 0 Å². The zero-order valence-corrected chi connectivity index (χ0v) is 13.5. The Morgan fingerprint density at radius 2 is 2.17 bits per heavy atom. The molecule has 0 aliphatic rings. The van der Waals surface area contributed by atoms with Gasteiger partial charge in [0.1, 0.15) is 9.88 Å². The summed E-state index contributed by atoms with van der Waals surface area (Å²) in [5.74, 6) is -0.638. The van der Waals surface area contributed by atoms with Crippen molar-refractivity contribution in [1.82, 2.24) is 15.2 Å². The molecule has 23 heavy (non-hydrogen) atoms. The minimum absolute atomic E-state index is 0.0504. The first-order valence-electron chi connectivity index (χ1n) is 6.56. The van der Waals surface area contributed by atoms with E-state index in [2.05, 4.69) is 15.2 Å². The van der Waals surface area contributed by atoms with Gasteiger partial charge < -0.3 is 9.32 Å². The Morgan fingerprint density at radius 3 is 2.87 bits per heavy atom. The summed E-state index contributed by atoms with van der Waals surface area (Å²) in [6, 6.07) is 7.46. The van der Waals surface area contributed by atoms with E-state index < -0.39 is 12.3 Å². The predicted molar refractivity (Wildman–Crippen MR) is 83.9 cm³/mol.